The molecule has 1 amide bonds. The van der Waals surface area contributed by atoms with Gasteiger partial charge in [-0.3, -0.25) is 4.79 Å². The number of nitrogens with one attached hydrogen (secondary N) is 1. The maximum atomic E-state index is 12.7. The Kier molecular flexibility index (Phi) is 5.11. The quantitative estimate of drug-likeness (QED) is 0.525. The van der Waals surface area contributed by atoms with Crippen LogP contribution in [0.1, 0.15) is 22.1 Å². The fourth-order valence-corrected chi connectivity index (χ4v) is 3.23. The van der Waals surface area contributed by atoms with E-state index in [2.05, 4.69) is 20.4 Å². The number of aryl methyl sites for hydroxylation is 1. The molecule has 0 aliphatic rings. The zero-order chi connectivity index (χ0) is 19.3. The molecule has 0 atom stereocenters. The highest BCUT2D eigenvalue weighted by atomic mass is 32.1. The molecule has 2 aromatic heterocycles. The molecular weight excluding hydrogens is 376 g/mol. The Bertz CT molecular complexity index is 1080. The number of hydrogen-bond acceptors (Lipinski definition) is 7. The van der Waals surface area contributed by atoms with Crippen molar-refractivity contribution in [2.75, 3.05) is 5.32 Å². The van der Waals surface area contributed by atoms with Crippen LogP contribution in [0.3, 0.4) is 0 Å². The molecule has 2 heterocycles. The van der Waals surface area contributed by atoms with Gasteiger partial charge in [0.1, 0.15) is 10.8 Å². The highest BCUT2D eigenvalue weighted by molar-refractivity contribution is 7.13. The molecule has 0 saturated heterocycles. The van der Waals surface area contributed by atoms with Crippen LogP contribution in [0, 0.1) is 6.92 Å². The van der Waals surface area contributed by atoms with E-state index < -0.39 is 0 Å². The zero-order valence-corrected chi connectivity index (χ0v) is 15.8. The lowest BCUT2D eigenvalue weighted by Crippen LogP contribution is -2.13. The number of ether oxygens (including phenoxy) is 1. The van der Waals surface area contributed by atoms with Gasteiger partial charge in [-0.15, -0.1) is 11.3 Å². The van der Waals surface area contributed by atoms with Crippen LogP contribution in [-0.2, 0) is 6.61 Å². The highest BCUT2D eigenvalue weighted by Crippen LogP contribution is 2.24. The summed E-state index contributed by atoms with van der Waals surface area (Å²) in [5, 5.41) is 9.54. The van der Waals surface area contributed by atoms with E-state index in [1.54, 1.807) is 48.7 Å². The fourth-order valence-electron chi connectivity index (χ4n) is 2.58. The Morgan fingerprint density at radius 2 is 2.00 bits per heavy atom. The molecule has 0 radical (unpaired) electrons. The molecule has 1 N–H and O–H groups in total. The van der Waals surface area contributed by atoms with Gasteiger partial charge in [-0.05, 0) is 36.4 Å². The molecule has 0 saturated carbocycles. The summed E-state index contributed by atoms with van der Waals surface area (Å²) in [6.07, 6.45) is 1.77. The first kappa shape index (κ1) is 17.9. The number of nitrogens with zero attached hydrogens (tertiary/aromatic N) is 3. The van der Waals surface area contributed by atoms with Gasteiger partial charge < -0.3 is 14.6 Å². The summed E-state index contributed by atoms with van der Waals surface area (Å²) in [6, 6.07) is 14.6. The van der Waals surface area contributed by atoms with Crippen molar-refractivity contribution in [3.63, 3.8) is 0 Å². The first-order valence-corrected chi connectivity index (χ1v) is 9.39. The Morgan fingerprint density at radius 3 is 2.71 bits per heavy atom. The number of carbonyl (C=O) groups excluding carboxylic acids is 1. The number of benzene rings is 2. The fraction of sp³-hybridized carbons (Fsp3) is 0.100. The van der Waals surface area contributed by atoms with Crippen LogP contribution in [0.25, 0.3) is 10.6 Å². The van der Waals surface area contributed by atoms with Gasteiger partial charge in [0, 0.05) is 29.8 Å². The third-order valence-corrected chi connectivity index (χ3v) is 4.70. The van der Waals surface area contributed by atoms with Crippen molar-refractivity contribution in [2.45, 2.75) is 13.5 Å². The minimum atomic E-state index is -0.262. The van der Waals surface area contributed by atoms with Gasteiger partial charge in [0.2, 0.25) is 11.7 Å². The van der Waals surface area contributed by atoms with Crippen molar-refractivity contribution >= 4 is 22.9 Å². The number of carbonyl (C=O) groups is 1. The summed E-state index contributed by atoms with van der Waals surface area (Å²) in [4.78, 5) is 21.1. The second-order valence-corrected chi connectivity index (χ2v) is 6.78. The Labute approximate surface area is 165 Å². The van der Waals surface area contributed by atoms with Gasteiger partial charge >= 0.3 is 0 Å². The largest absolute Gasteiger partial charge is 0.485 e. The highest BCUT2D eigenvalue weighted by Gasteiger charge is 2.14. The van der Waals surface area contributed by atoms with E-state index in [0.717, 1.165) is 10.6 Å². The minimum absolute atomic E-state index is 0.115. The van der Waals surface area contributed by atoms with Gasteiger partial charge in [0.25, 0.3) is 5.91 Å². The molecule has 0 aliphatic heterocycles. The lowest BCUT2D eigenvalue weighted by Gasteiger charge is -2.11. The molecule has 4 rings (SSSR count). The Morgan fingerprint density at radius 1 is 1.18 bits per heavy atom. The maximum Gasteiger partial charge on any atom is 0.259 e. The summed E-state index contributed by atoms with van der Waals surface area (Å²) in [5.41, 5.74) is 2.12. The number of rotatable bonds is 6. The van der Waals surface area contributed by atoms with Crippen molar-refractivity contribution in [3.8, 4) is 16.3 Å². The third-order valence-electron chi connectivity index (χ3n) is 3.88. The van der Waals surface area contributed by atoms with Crippen LogP contribution in [0.2, 0.25) is 0 Å². The van der Waals surface area contributed by atoms with E-state index in [0.29, 0.717) is 28.7 Å². The summed E-state index contributed by atoms with van der Waals surface area (Å²) in [7, 11) is 0. The number of aromatic nitrogens is 3. The Balaban J connectivity index is 1.46. The van der Waals surface area contributed by atoms with E-state index >= 15 is 0 Å². The van der Waals surface area contributed by atoms with E-state index in [1.807, 2.05) is 29.6 Å². The van der Waals surface area contributed by atoms with E-state index in [1.165, 1.54) is 0 Å². The third kappa shape index (κ3) is 4.07. The van der Waals surface area contributed by atoms with E-state index in [4.69, 9.17) is 9.26 Å². The van der Waals surface area contributed by atoms with Crippen LogP contribution >= 0.6 is 11.3 Å². The number of hydrogen-bond donors (Lipinski definition) is 1. The molecule has 0 unspecified atom stereocenters. The topological polar surface area (TPSA) is 90.1 Å². The first-order valence-electron chi connectivity index (χ1n) is 8.51. The number of para-hydroxylation sites is 1. The second-order valence-electron chi connectivity index (χ2n) is 5.88. The van der Waals surface area contributed by atoms with Crippen LogP contribution in [0.4, 0.5) is 5.69 Å². The molecule has 0 spiro atoms. The lowest BCUT2D eigenvalue weighted by atomic mass is 10.1. The van der Waals surface area contributed by atoms with Crippen LogP contribution < -0.4 is 10.1 Å². The number of anilines is 1. The van der Waals surface area contributed by atoms with Crippen LogP contribution in [0.15, 0.2) is 64.6 Å². The van der Waals surface area contributed by atoms with Crippen molar-refractivity contribution < 1.29 is 14.1 Å². The molecule has 4 aromatic rings. The number of amides is 1. The molecule has 0 bridgehead atoms. The summed E-state index contributed by atoms with van der Waals surface area (Å²) < 4.78 is 10.6. The molecule has 0 fully saturated rings. The second kappa shape index (κ2) is 8.01. The SMILES string of the molecule is Cc1nc(COc2ccccc2C(=O)Nc2ccc(-c3nccs3)cc2)no1. The summed E-state index contributed by atoms with van der Waals surface area (Å²) in [5.74, 6) is 1.07. The Hall–Kier alpha value is -3.52. The molecule has 7 nitrogen and oxygen atoms in total. The summed E-state index contributed by atoms with van der Waals surface area (Å²) >= 11 is 1.57. The smallest absolute Gasteiger partial charge is 0.259 e. The van der Waals surface area contributed by atoms with Gasteiger partial charge in [-0.2, -0.15) is 4.98 Å². The summed E-state index contributed by atoms with van der Waals surface area (Å²) in [6.45, 7) is 1.82. The van der Waals surface area contributed by atoms with Crippen LogP contribution in [0.5, 0.6) is 5.75 Å². The van der Waals surface area contributed by atoms with Crippen LogP contribution in [-0.4, -0.2) is 21.0 Å². The standard InChI is InChI=1S/C20H16N4O3S/c1-13-22-18(24-27-13)12-26-17-5-3-2-4-16(17)19(25)23-15-8-6-14(7-9-15)20-21-10-11-28-20/h2-11H,12H2,1H3,(H,23,25). The predicted molar refractivity (Wildman–Crippen MR) is 105 cm³/mol. The average Bonchev–Trinajstić information content (AvgIpc) is 3.39. The zero-order valence-electron chi connectivity index (χ0n) is 15.0. The van der Waals surface area contributed by atoms with Gasteiger partial charge in [-0.1, -0.05) is 17.3 Å². The van der Waals surface area contributed by atoms with Crippen molar-refractivity contribution in [1.82, 2.24) is 15.1 Å². The van der Waals surface area contributed by atoms with E-state index in [9.17, 15) is 4.79 Å². The lowest BCUT2D eigenvalue weighted by molar-refractivity contribution is 0.102. The first-order chi connectivity index (χ1) is 13.7. The van der Waals surface area contributed by atoms with E-state index in [-0.39, 0.29) is 12.5 Å². The van der Waals surface area contributed by atoms with Gasteiger partial charge in [0.15, 0.2) is 6.61 Å². The maximum absolute atomic E-state index is 12.7. The van der Waals surface area contributed by atoms with Crippen molar-refractivity contribution in [3.05, 3.63) is 77.4 Å². The van der Waals surface area contributed by atoms with Crippen molar-refractivity contribution in [1.29, 1.82) is 0 Å². The molecule has 2 aromatic carbocycles. The average molecular weight is 392 g/mol. The van der Waals surface area contributed by atoms with Gasteiger partial charge in [0.05, 0.1) is 5.56 Å². The molecule has 140 valence electrons. The van der Waals surface area contributed by atoms with Gasteiger partial charge in [-0.25, -0.2) is 4.98 Å². The number of thiazole rings is 1. The van der Waals surface area contributed by atoms with Crippen molar-refractivity contribution in [2.24, 2.45) is 0 Å². The normalized spacial score (nSPS) is 10.6. The molecule has 8 heteroatoms. The minimum Gasteiger partial charge on any atom is -0.485 e. The molecule has 28 heavy (non-hydrogen) atoms. The molecule has 0 aliphatic carbocycles. The molecular formula is C20H16N4O3S. The monoisotopic (exact) mass is 392 g/mol. The predicted octanol–water partition coefficient (Wildman–Crippen LogP) is 4.33.